The lowest BCUT2D eigenvalue weighted by molar-refractivity contribution is 0.0597. The van der Waals surface area contributed by atoms with Crippen LogP contribution in [0.5, 0.6) is 5.75 Å². The van der Waals surface area contributed by atoms with E-state index in [2.05, 4.69) is 0 Å². The molecule has 24 heavy (non-hydrogen) atoms. The molecule has 0 unspecified atom stereocenters. The van der Waals surface area contributed by atoms with Crippen molar-refractivity contribution in [3.05, 3.63) is 64.7 Å². The monoisotopic (exact) mass is 328 g/mol. The summed E-state index contributed by atoms with van der Waals surface area (Å²) in [5, 5.41) is 9.20. The molecule has 0 aliphatic carbocycles. The van der Waals surface area contributed by atoms with Gasteiger partial charge in [-0.25, -0.2) is 9.59 Å². The van der Waals surface area contributed by atoms with Gasteiger partial charge in [0, 0.05) is 11.1 Å². The summed E-state index contributed by atoms with van der Waals surface area (Å²) in [6.07, 6.45) is 0. The van der Waals surface area contributed by atoms with Crippen LogP contribution in [0.1, 0.15) is 43.6 Å². The van der Waals surface area contributed by atoms with Crippen LogP contribution in [-0.2, 0) is 11.3 Å². The summed E-state index contributed by atoms with van der Waals surface area (Å²) < 4.78 is 10.3. The Morgan fingerprint density at radius 1 is 1.00 bits per heavy atom. The second-order valence-corrected chi connectivity index (χ2v) is 5.01. The number of esters is 1. The van der Waals surface area contributed by atoms with E-state index in [1.165, 1.54) is 32.2 Å². The molecule has 2 rings (SSSR count). The number of rotatable bonds is 6. The highest BCUT2D eigenvalue weighted by Gasteiger charge is 2.16. The number of ketones is 1. The highest BCUT2D eigenvalue weighted by Crippen LogP contribution is 2.21. The van der Waals surface area contributed by atoms with Gasteiger partial charge in [-0.2, -0.15) is 0 Å². The highest BCUT2D eigenvalue weighted by atomic mass is 16.5. The number of carbonyl (C=O) groups excluding carboxylic acids is 2. The maximum atomic E-state index is 11.7. The van der Waals surface area contributed by atoms with E-state index in [0.29, 0.717) is 11.1 Å². The zero-order chi connectivity index (χ0) is 17.7. The molecule has 6 heteroatoms. The van der Waals surface area contributed by atoms with Crippen molar-refractivity contribution in [2.75, 3.05) is 7.11 Å². The maximum absolute atomic E-state index is 11.7. The Kier molecular flexibility index (Phi) is 5.31. The number of carboxylic acids is 1. The number of hydrogen-bond donors (Lipinski definition) is 1. The Balaban J connectivity index is 2.25. The first-order chi connectivity index (χ1) is 11.4. The molecule has 6 nitrogen and oxygen atoms in total. The number of carboxylic acid groups (broad SMARTS) is 1. The molecule has 0 fully saturated rings. The summed E-state index contributed by atoms with van der Waals surface area (Å²) in [5.74, 6) is -1.74. The minimum atomic E-state index is -1.21. The number of hydrogen-bond acceptors (Lipinski definition) is 5. The summed E-state index contributed by atoms with van der Waals surface area (Å²) in [6.45, 7) is 1.36. The van der Waals surface area contributed by atoms with Gasteiger partial charge in [0.2, 0.25) is 0 Å². The van der Waals surface area contributed by atoms with Crippen LogP contribution in [0, 0.1) is 0 Å². The molecule has 0 bridgehead atoms. The quantitative estimate of drug-likeness (QED) is 0.648. The summed E-state index contributed by atoms with van der Waals surface area (Å²) in [4.78, 5) is 34.4. The van der Waals surface area contributed by atoms with Crippen LogP contribution >= 0.6 is 0 Å². The smallest absolute Gasteiger partial charge is 0.338 e. The number of methoxy groups -OCH3 is 1. The fourth-order valence-corrected chi connectivity index (χ4v) is 2.21. The van der Waals surface area contributed by atoms with Crippen molar-refractivity contribution in [2.24, 2.45) is 0 Å². The Morgan fingerprint density at radius 3 is 2.33 bits per heavy atom. The largest absolute Gasteiger partial charge is 0.489 e. The molecule has 0 aliphatic rings. The van der Waals surface area contributed by atoms with Crippen molar-refractivity contribution >= 4 is 17.7 Å². The molecule has 0 radical (unpaired) electrons. The minimum absolute atomic E-state index is 0.0593. The van der Waals surface area contributed by atoms with Gasteiger partial charge in [-0.1, -0.05) is 18.2 Å². The molecule has 0 atom stereocenters. The molecule has 0 saturated heterocycles. The zero-order valence-corrected chi connectivity index (χ0v) is 13.2. The molecule has 0 spiro atoms. The average molecular weight is 328 g/mol. The number of Topliss-reactive ketones (excluding diaryl/α,β-unsaturated/α-hetero) is 1. The SMILES string of the molecule is COC(=O)c1ccccc1COc1ccc(C(C)=O)c(C(=O)O)c1. The average Bonchev–Trinajstić information content (AvgIpc) is 2.59. The van der Waals surface area contributed by atoms with E-state index in [9.17, 15) is 19.5 Å². The van der Waals surface area contributed by atoms with E-state index in [1.54, 1.807) is 24.3 Å². The topological polar surface area (TPSA) is 89.9 Å². The molecule has 0 amide bonds. The molecule has 0 aliphatic heterocycles. The highest BCUT2D eigenvalue weighted by molar-refractivity contribution is 6.05. The van der Waals surface area contributed by atoms with Gasteiger partial charge < -0.3 is 14.6 Å². The third-order valence-corrected chi connectivity index (χ3v) is 3.42. The van der Waals surface area contributed by atoms with Gasteiger partial charge in [-0.05, 0) is 31.2 Å². The Bertz CT molecular complexity index is 794. The normalized spacial score (nSPS) is 10.1. The molecule has 0 heterocycles. The Labute approximate surface area is 138 Å². The second-order valence-electron chi connectivity index (χ2n) is 5.01. The van der Waals surface area contributed by atoms with Gasteiger partial charge in [0.1, 0.15) is 12.4 Å². The third kappa shape index (κ3) is 3.78. The number of ether oxygens (including phenoxy) is 2. The summed E-state index contributed by atoms with van der Waals surface area (Å²) >= 11 is 0. The first kappa shape index (κ1) is 17.2. The van der Waals surface area contributed by atoms with Crippen LogP contribution in [0.3, 0.4) is 0 Å². The summed E-state index contributed by atoms with van der Waals surface area (Å²) in [7, 11) is 1.29. The van der Waals surface area contributed by atoms with Gasteiger partial charge in [0.25, 0.3) is 0 Å². The molecule has 0 saturated carbocycles. The fourth-order valence-electron chi connectivity index (χ4n) is 2.21. The van der Waals surface area contributed by atoms with Crippen LogP contribution in [0.15, 0.2) is 42.5 Å². The van der Waals surface area contributed by atoms with Gasteiger partial charge in [-0.15, -0.1) is 0 Å². The molecular weight excluding hydrogens is 312 g/mol. The number of benzene rings is 2. The van der Waals surface area contributed by atoms with E-state index < -0.39 is 11.9 Å². The molecule has 2 aromatic rings. The van der Waals surface area contributed by atoms with Crippen molar-refractivity contribution in [3.8, 4) is 5.75 Å². The van der Waals surface area contributed by atoms with E-state index in [1.807, 2.05) is 0 Å². The maximum Gasteiger partial charge on any atom is 0.338 e. The first-order valence-electron chi connectivity index (χ1n) is 7.11. The Hall–Kier alpha value is -3.15. The Morgan fingerprint density at radius 2 is 1.71 bits per heavy atom. The second kappa shape index (κ2) is 7.41. The molecule has 2 aromatic carbocycles. The van der Waals surface area contributed by atoms with Crippen LogP contribution in [-0.4, -0.2) is 29.9 Å². The van der Waals surface area contributed by atoms with Crippen LogP contribution < -0.4 is 4.74 Å². The lowest BCUT2D eigenvalue weighted by atomic mass is 10.0. The van der Waals surface area contributed by atoms with Gasteiger partial charge in [0.15, 0.2) is 5.78 Å². The molecule has 1 N–H and O–H groups in total. The molecule has 0 aromatic heterocycles. The van der Waals surface area contributed by atoms with E-state index in [-0.39, 0.29) is 29.3 Å². The summed E-state index contributed by atoms with van der Waals surface area (Å²) in [6, 6.07) is 11.0. The third-order valence-electron chi connectivity index (χ3n) is 3.42. The van der Waals surface area contributed by atoms with Crippen molar-refractivity contribution in [1.29, 1.82) is 0 Å². The minimum Gasteiger partial charge on any atom is -0.489 e. The van der Waals surface area contributed by atoms with Crippen LogP contribution in [0.4, 0.5) is 0 Å². The lowest BCUT2D eigenvalue weighted by Crippen LogP contribution is -2.09. The van der Waals surface area contributed by atoms with Gasteiger partial charge in [0.05, 0.1) is 18.2 Å². The fraction of sp³-hybridized carbons (Fsp3) is 0.167. The van der Waals surface area contributed by atoms with Crippen LogP contribution in [0.2, 0.25) is 0 Å². The number of aromatic carboxylic acids is 1. The molecular formula is C18H16O6. The van der Waals surface area contributed by atoms with Crippen molar-refractivity contribution < 1.29 is 29.0 Å². The lowest BCUT2D eigenvalue weighted by Gasteiger charge is -2.11. The van der Waals surface area contributed by atoms with Crippen molar-refractivity contribution in [3.63, 3.8) is 0 Å². The summed E-state index contributed by atoms with van der Waals surface area (Å²) in [5.41, 5.74) is 0.974. The van der Waals surface area contributed by atoms with E-state index in [0.717, 1.165) is 0 Å². The van der Waals surface area contributed by atoms with E-state index in [4.69, 9.17) is 9.47 Å². The predicted molar refractivity (Wildman–Crippen MR) is 85.5 cm³/mol. The standard InChI is InChI=1S/C18H16O6/c1-11(19)14-8-7-13(9-16(14)17(20)21)24-10-12-5-3-4-6-15(12)18(22)23-2/h3-9H,10H2,1-2H3,(H,20,21). The van der Waals surface area contributed by atoms with Crippen molar-refractivity contribution in [2.45, 2.75) is 13.5 Å². The van der Waals surface area contributed by atoms with Gasteiger partial charge in [-0.3, -0.25) is 4.79 Å². The molecule has 124 valence electrons. The zero-order valence-electron chi connectivity index (χ0n) is 13.2. The van der Waals surface area contributed by atoms with Crippen molar-refractivity contribution in [1.82, 2.24) is 0 Å². The predicted octanol–water partition coefficient (Wildman–Crippen LogP) is 2.95. The first-order valence-corrected chi connectivity index (χ1v) is 7.11. The number of carbonyl (C=O) groups is 3. The van der Waals surface area contributed by atoms with E-state index >= 15 is 0 Å². The van der Waals surface area contributed by atoms with Gasteiger partial charge >= 0.3 is 11.9 Å². The van der Waals surface area contributed by atoms with Crippen LogP contribution in [0.25, 0.3) is 0 Å².